The van der Waals surface area contributed by atoms with Crippen LogP contribution in [0.25, 0.3) is 0 Å². The molecule has 0 aliphatic heterocycles. The van der Waals surface area contributed by atoms with Crippen LogP contribution >= 0.6 is 0 Å². The molecule has 0 unspecified atom stereocenters. The maximum atomic E-state index is 11.9. The zero-order valence-electron chi connectivity index (χ0n) is 9.54. The second kappa shape index (κ2) is 5.94. The molecule has 6 nitrogen and oxygen atoms in total. The molecule has 0 saturated carbocycles. The van der Waals surface area contributed by atoms with E-state index >= 15 is 0 Å². The predicted octanol–water partition coefficient (Wildman–Crippen LogP) is 1.64. The molecule has 1 rings (SSSR count). The van der Waals surface area contributed by atoms with Crippen molar-refractivity contribution in [3.05, 3.63) is 24.3 Å². The van der Waals surface area contributed by atoms with Crippen molar-refractivity contribution in [1.82, 2.24) is 5.32 Å². The minimum Gasteiger partial charge on any atom is -0.406 e. The van der Waals surface area contributed by atoms with Gasteiger partial charge >= 0.3 is 12.4 Å². The van der Waals surface area contributed by atoms with E-state index in [0.29, 0.717) is 0 Å². The summed E-state index contributed by atoms with van der Waals surface area (Å²) in [5, 5.41) is 11.5. The Morgan fingerprint density at radius 2 is 1.89 bits per heavy atom. The zero-order valence-corrected chi connectivity index (χ0v) is 9.54. The highest BCUT2D eigenvalue weighted by Crippen LogP contribution is 2.23. The fraction of sp³-hybridized carbons (Fsp3) is 0.200. The van der Waals surface area contributed by atoms with Crippen molar-refractivity contribution in [2.45, 2.75) is 6.36 Å². The number of halogens is 3. The van der Waals surface area contributed by atoms with Crippen LogP contribution < -0.4 is 21.1 Å². The molecule has 0 aliphatic carbocycles. The van der Waals surface area contributed by atoms with Crippen molar-refractivity contribution in [2.75, 3.05) is 11.9 Å². The maximum Gasteiger partial charge on any atom is 0.573 e. The monoisotopic (exact) mass is 276 g/mol. The Morgan fingerprint density at radius 1 is 1.32 bits per heavy atom. The van der Waals surface area contributed by atoms with Gasteiger partial charge in [0.25, 0.3) is 0 Å². The highest BCUT2D eigenvalue weighted by atomic mass is 19.4. The summed E-state index contributed by atoms with van der Waals surface area (Å²) in [5.74, 6) is -0.605. The van der Waals surface area contributed by atoms with Crippen LogP contribution in [0.4, 0.5) is 23.7 Å². The quantitative estimate of drug-likeness (QED) is 0.497. The Kier molecular flexibility index (Phi) is 4.56. The summed E-state index contributed by atoms with van der Waals surface area (Å²) >= 11 is 0. The van der Waals surface area contributed by atoms with E-state index in [9.17, 15) is 18.0 Å². The van der Waals surface area contributed by atoms with Crippen molar-refractivity contribution in [1.29, 1.82) is 5.41 Å². The predicted molar refractivity (Wildman–Crippen MR) is 62.1 cm³/mol. The van der Waals surface area contributed by atoms with Crippen molar-refractivity contribution < 1.29 is 22.7 Å². The van der Waals surface area contributed by atoms with Crippen LogP contribution in [0.3, 0.4) is 0 Å². The first-order valence-corrected chi connectivity index (χ1v) is 5.00. The van der Waals surface area contributed by atoms with Gasteiger partial charge in [0.1, 0.15) is 11.6 Å². The van der Waals surface area contributed by atoms with Crippen LogP contribution in [0.15, 0.2) is 24.3 Å². The molecule has 0 aliphatic rings. The number of ether oxygens (including phenoxy) is 1. The van der Waals surface area contributed by atoms with Gasteiger partial charge in [-0.15, -0.1) is 13.2 Å². The number of nitrogens with two attached hydrogens (primary N) is 1. The third-order valence-corrected chi connectivity index (χ3v) is 1.79. The van der Waals surface area contributed by atoms with Crippen LogP contribution in [0, 0.1) is 5.41 Å². The van der Waals surface area contributed by atoms with E-state index < -0.39 is 12.4 Å². The number of anilines is 1. The number of carbonyl (C=O) groups excluding carboxylic acids is 1. The molecule has 0 heterocycles. The van der Waals surface area contributed by atoms with Gasteiger partial charge in [0.15, 0.2) is 0 Å². The van der Waals surface area contributed by atoms with Gasteiger partial charge in [-0.05, 0) is 24.3 Å². The van der Waals surface area contributed by atoms with Crippen molar-refractivity contribution >= 4 is 17.6 Å². The zero-order chi connectivity index (χ0) is 14.5. The van der Waals surface area contributed by atoms with Crippen molar-refractivity contribution in [2.24, 2.45) is 5.73 Å². The first-order valence-electron chi connectivity index (χ1n) is 5.00. The summed E-state index contributed by atoms with van der Waals surface area (Å²) in [4.78, 5) is 11.2. The average molecular weight is 276 g/mol. The molecule has 0 spiro atoms. The number of alkyl halides is 3. The normalized spacial score (nSPS) is 10.7. The third kappa shape index (κ3) is 6.15. The lowest BCUT2D eigenvalue weighted by molar-refractivity contribution is -0.274. The van der Waals surface area contributed by atoms with E-state index in [1.807, 2.05) is 0 Å². The average Bonchev–Trinajstić information content (AvgIpc) is 2.27. The molecule has 0 saturated heterocycles. The van der Waals surface area contributed by atoms with Crippen molar-refractivity contribution in [3.63, 3.8) is 0 Å². The standard InChI is InChI=1S/C10H11F3N4O2/c11-10(12,13)19-7-3-1-6(2-4-7)17-9(18)16-5-8(14)15/h1-4H,5H2,(H3,14,15)(H2,16,17,18). The highest BCUT2D eigenvalue weighted by molar-refractivity contribution is 5.92. The molecule has 1 aromatic carbocycles. The van der Waals surface area contributed by atoms with Crippen LogP contribution in [0.1, 0.15) is 0 Å². The number of rotatable bonds is 4. The number of carbonyl (C=O) groups is 1. The fourth-order valence-corrected chi connectivity index (χ4v) is 1.09. The molecule has 0 radical (unpaired) electrons. The van der Waals surface area contributed by atoms with E-state index in [1.165, 1.54) is 12.1 Å². The summed E-state index contributed by atoms with van der Waals surface area (Å²) < 4.78 is 39.4. The maximum absolute atomic E-state index is 11.9. The number of amidine groups is 1. The molecule has 104 valence electrons. The molecule has 0 aromatic heterocycles. The van der Waals surface area contributed by atoms with Crippen LogP contribution in [-0.4, -0.2) is 24.8 Å². The Labute approximate surface area is 106 Å². The fourth-order valence-electron chi connectivity index (χ4n) is 1.09. The Bertz CT molecular complexity index is 459. The van der Waals surface area contributed by atoms with Gasteiger partial charge in [-0.2, -0.15) is 0 Å². The molecule has 5 N–H and O–H groups in total. The number of benzene rings is 1. The molecule has 2 amide bonds. The molecule has 0 fully saturated rings. The van der Waals surface area contributed by atoms with E-state index in [4.69, 9.17) is 11.1 Å². The van der Waals surface area contributed by atoms with E-state index in [1.54, 1.807) is 0 Å². The summed E-state index contributed by atoms with van der Waals surface area (Å²) in [6, 6.07) is 3.99. The number of hydrogen-bond donors (Lipinski definition) is 4. The molecule has 9 heteroatoms. The highest BCUT2D eigenvalue weighted by Gasteiger charge is 2.30. The van der Waals surface area contributed by atoms with Gasteiger partial charge in [0, 0.05) is 5.69 Å². The topological polar surface area (TPSA) is 100 Å². The van der Waals surface area contributed by atoms with Gasteiger partial charge in [-0.25, -0.2) is 4.79 Å². The summed E-state index contributed by atoms with van der Waals surface area (Å²) in [5.41, 5.74) is 5.30. The van der Waals surface area contributed by atoms with Gasteiger partial charge in [0.05, 0.1) is 6.54 Å². The van der Waals surface area contributed by atoms with E-state index in [-0.39, 0.29) is 23.8 Å². The number of nitrogens with one attached hydrogen (secondary N) is 3. The summed E-state index contributed by atoms with van der Waals surface area (Å²) in [6.45, 7) is -0.124. The summed E-state index contributed by atoms with van der Waals surface area (Å²) in [6.07, 6.45) is -4.76. The SMILES string of the molecule is N=C(N)CNC(=O)Nc1ccc(OC(F)(F)F)cc1. The smallest absolute Gasteiger partial charge is 0.406 e. The molecular weight excluding hydrogens is 265 g/mol. The lowest BCUT2D eigenvalue weighted by atomic mass is 10.3. The van der Waals surface area contributed by atoms with Crippen LogP contribution in [0.5, 0.6) is 5.75 Å². The molecule has 1 aromatic rings. The molecule has 0 bridgehead atoms. The van der Waals surface area contributed by atoms with Crippen molar-refractivity contribution in [3.8, 4) is 5.75 Å². The molecule has 0 atom stereocenters. The minimum atomic E-state index is -4.76. The lowest BCUT2D eigenvalue weighted by Crippen LogP contribution is -2.35. The first-order chi connectivity index (χ1) is 8.76. The second-order valence-corrected chi connectivity index (χ2v) is 3.41. The van der Waals surface area contributed by atoms with Gasteiger partial charge in [-0.1, -0.05) is 0 Å². The Balaban J connectivity index is 2.52. The Morgan fingerprint density at radius 3 is 2.37 bits per heavy atom. The summed E-state index contributed by atoms with van der Waals surface area (Å²) in [7, 11) is 0. The molecule has 19 heavy (non-hydrogen) atoms. The number of urea groups is 1. The first kappa shape index (κ1) is 14.6. The van der Waals surface area contributed by atoms with Gasteiger partial charge in [-0.3, -0.25) is 5.41 Å². The molecular formula is C10H11F3N4O2. The Hall–Kier alpha value is -2.45. The van der Waals surface area contributed by atoms with Crippen LogP contribution in [0.2, 0.25) is 0 Å². The lowest BCUT2D eigenvalue weighted by Gasteiger charge is -2.10. The van der Waals surface area contributed by atoms with Gasteiger partial charge in [0.2, 0.25) is 0 Å². The van der Waals surface area contributed by atoms with Gasteiger partial charge < -0.3 is 21.1 Å². The van der Waals surface area contributed by atoms with E-state index in [0.717, 1.165) is 12.1 Å². The third-order valence-electron chi connectivity index (χ3n) is 1.79. The largest absolute Gasteiger partial charge is 0.573 e. The number of hydrogen-bond acceptors (Lipinski definition) is 3. The number of amides is 2. The minimum absolute atomic E-state index is 0.124. The second-order valence-electron chi connectivity index (χ2n) is 3.41. The van der Waals surface area contributed by atoms with E-state index in [2.05, 4.69) is 15.4 Å². The van der Waals surface area contributed by atoms with Crippen LogP contribution in [-0.2, 0) is 0 Å².